The molecule has 4 rings (SSSR count). The predicted octanol–water partition coefficient (Wildman–Crippen LogP) is 0.751. The van der Waals surface area contributed by atoms with Gasteiger partial charge in [0.1, 0.15) is 17.2 Å². The Kier molecular flexibility index (Phi) is 2.75. The van der Waals surface area contributed by atoms with Crippen molar-refractivity contribution in [1.29, 1.82) is 0 Å². The Morgan fingerprint density at radius 1 is 1.41 bits per heavy atom. The summed E-state index contributed by atoms with van der Waals surface area (Å²) in [7, 11) is 1.87. The molecule has 0 aliphatic carbocycles. The van der Waals surface area contributed by atoms with Crippen molar-refractivity contribution in [3.63, 3.8) is 0 Å². The Hall–Kier alpha value is -2.38. The SMILES string of the molecule is Cc1nc(N2CCC[C@@]3(CNC(=O)O3)C2)c2cnn(C)c2n1. The number of hydrogen-bond acceptors (Lipinski definition) is 6. The molecular formula is C14H18N6O2. The third kappa shape index (κ3) is 1.98. The van der Waals surface area contributed by atoms with Crippen LogP contribution in [0.5, 0.6) is 0 Å². The molecule has 8 heteroatoms. The molecule has 2 aromatic heterocycles. The molecule has 2 aliphatic heterocycles. The molecule has 1 spiro atoms. The maximum atomic E-state index is 11.4. The lowest BCUT2D eigenvalue weighted by Gasteiger charge is -2.38. The van der Waals surface area contributed by atoms with Gasteiger partial charge in [-0.2, -0.15) is 5.10 Å². The quantitative estimate of drug-likeness (QED) is 0.837. The number of rotatable bonds is 1. The van der Waals surface area contributed by atoms with Crippen LogP contribution in [0.2, 0.25) is 0 Å². The number of aromatic nitrogens is 4. The van der Waals surface area contributed by atoms with Gasteiger partial charge in [-0.05, 0) is 19.8 Å². The monoisotopic (exact) mass is 302 g/mol. The number of alkyl carbamates (subject to hydrolysis) is 1. The van der Waals surface area contributed by atoms with Gasteiger partial charge in [0, 0.05) is 13.6 Å². The van der Waals surface area contributed by atoms with Crippen molar-refractivity contribution in [1.82, 2.24) is 25.1 Å². The number of piperidine rings is 1. The van der Waals surface area contributed by atoms with E-state index in [-0.39, 0.29) is 6.09 Å². The highest BCUT2D eigenvalue weighted by atomic mass is 16.6. The van der Waals surface area contributed by atoms with E-state index in [4.69, 9.17) is 4.74 Å². The lowest BCUT2D eigenvalue weighted by Crippen LogP contribution is -2.50. The van der Waals surface area contributed by atoms with E-state index in [9.17, 15) is 4.79 Å². The van der Waals surface area contributed by atoms with Gasteiger partial charge in [0.15, 0.2) is 5.65 Å². The van der Waals surface area contributed by atoms with Crippen LogP contribution in [0, 0.1) is 6.92 Å². The van der Waals surface area contributed by atoms with Gasteiger partial charge < -0.3 is 15.0 Å². The Bertz CT molecular complexity index is 757. The van der Waals surface area contributed by atoms with Crippen molar-refractivity contribution in [2.75, 3.05) is 24.5 Å². The molecule has 1 N–H and O–H groups in total. The largest absolute Gasteiger partial charge is 0.439 e. The fraction of sp³-hybridized carbons (Fsp3) is 0.571. The molecule has 2 saturated heterocycles. The Balaban J connectivity index is 1.74. The van der Waals surface area contributed by atoms with E-state index >= 15 is 0 Å². The first-order chi connectivity index (χ1) is 10.6. The second kappa shape index (κ2) is 4.56. The highest BCUT2D eigenvalue weighted by Gasteiger charge is 2.44. The van der Waals surface area contributed by atoms with Gasteiger partial charge in [-0.3, -0.25) is 4.68 Å². The van der Waals surface area contributed by atoms with Crippen molar-refractivity contribution >= 4 is 22.9 Å². The first kappa shape index (κ1) is 13.3. The number of aryl methyl sites for hydroxylation is 2. The molecule has 1 amide bonds. The molecule has 1 atom stereocenters. The van der Waals surface area contributed by atoms with Crippen LogP contribution in [0.1, 0.15) is 18.7 Å². The fourth-order valence-electron chi connectivity index (χ4n) is 3.36. The molecule has 22 heavy (non-hydrogen) atoms. The molecule has 4 heterocycles. The van der Waals surface area contributed by atoms with Crippen LogP contribution in [0.4, 0.5) is 10.6 Å². The van der Waals surface area contributed by atoms with Gasteiger partial charge in [0.05, 0.1) is 24.7 Å². The zero-order valence-electron chi connectivity index (χ0n) is 12.7. The maximum Gasteiger partial charge on any atom is 0.407 e. The number of anilines is 1. The molecule has 2 fully saturated rings. The minimum absolute atomic E-state index is 0.327. The fourth-order valence-corrected chi connectivity index (χ4v) is 3.36. The standard InChI is InChI=1S/C14H18N6O2/c1-9-17-11-10(6-16-19(11)2)12(18-9)20-5-3-4-14(8-20)7-15-13(21)22-14/h6H,3-5,7-8H2,1-2H3,(H,15,21)/t14-/m1/s1. The van der Waals surface area contributed by atoms with E-state index in [2.05, 4.69) is 25.3 Å². The third-order valence-electron chi connectivity index (χ3n) is 4.39. The molecule has 0 bridgehead atoms. The van der Waals surface area contributed by atoms with Crippen molar-refractivity contribution in [3.8, 4) is 0 Å². The second-order valence-electron chi connectivity index (χ2n) is 6.05. The van der Waals surface area contributed by atoms with Crippen molar-refractivity contribution in [3.05, 3.63) is 12.0 Å². The van der Waals surface area contributed by atoms with Crippen molar-refractivity contribution < 1.29 is 9.53 Å². The summed E-state index contributed by atoms with van der Waals surface area (Å²) in [5.41, 5.74) is 0.381. The topological polar surface area (TPSA) is 85.2 Å². The average molecular weight is 302 g/mol. The highest BCUT2D eigenvalue weighted by Crippen LogP contribution is 2.32. The van der Waals surface area contributed by atoms with E-state index < -0.39 is 5.60 Å². The summed E-state index contributed by atoms with van der Waals surface area (Å²) in [5, 5.41) is 7.98. The van der Waals surface area contributed by atoms with Crippen LogP contribution in [-0.4, -0.2) is 51.1 Å². The van der Waals surface area contributed by atoms with Gasteiger partial charge in [0.25, 0.3) is 0 Å². The van der Waals surface area contributed by atoms with Gasteiger partial charge in [0.2, 0.25) is 0 Å². The van der Waals surface area contributed by atoms with Crippen molar-refractivity contribution in [2.24, 2.45) is 7.05 Å². The number of ether oxygens (including phenoxy) is 1. The molecule has 0 radical (unpaired) electrons. The second-order valence-corrected chi connectivity index (χ2v) is 6.05. The normalized spacial score (nSPS) is 24.8. The zero-order chi connectivity index (χ0) is 15.3. The van der Waals surface area contributed by atoms with Crippen molar-refractivity contribution in [2.45, 2.75) is 25.4 Å². The van der Waals surface area contributed by atoms with Crippen LogP contribution in [0.15, 0.2) is 6.20 Å². The number of carbonyl (C=O) groups excluding carboxylic acids is 1. The number of amides is 1. The number of nitrogens with zero attached hydrogens (tertiary/aromatic N) is 5. The molecule has 2 aliphatic rings. The summed E-state index contributed by atoms with van der Waals surface area (Å²) in [6.45, 7) is 3.97. The lowest BCUT2D eigenvalue weighted by molar-refractivity contribution is 0.0446. The molecule has 0 saturated carbocycles. The van der Waals surface area contributed by atoms with Crippen LogP contribution in [0.25, 0.3) is 11.0 Å². The third-order valence-corrected chi connectivity index (χ3v) is 4.39. The van der Waals surface area contributed by atoms with Gasteiger partial charge in [-0.1, -0.05) is 0 Å². The van der Waals surface area contributed by atoms with E-state index in [1.54, 1.807) is 10.9 Å². The summed E-state index contributed by atoms with van der Waals surface area (Å²) in [6.07, 6.45) is 3.30. The number of carbonyl (C=O) groups is 1. The first-order valence-corrected chi connectivity index (χ1v) is 7.44. The van der Waals surface area contributed by atoms with E-state index in [1.165, 1.54) is 0 Å². The van der Waals surface area contributed by atoms with Crippen LogP contribution >= 0.6 is 0 Å². The minimum Gasteiger partial charge on any atom is -0.439 e. The molecule has 116 valence electrons. The summed E-state index contributed by atoms with van der Waals surface area (Å²) in [6, 6.07) is 0. The molecule has 8 nitrogen and oxygen atoms in total. The van der Waals surface area contributed by atoms with E-state index in [0.717, 1.165) is 36.2 Å². The molecule has 0 unspecified atom stereocenters. The number of fused-ring (bicyclic) bond motifs is 1. The average Bonchev–Trinajstić information content (AvgIpc) is 3.03. The predicted molar refractivity (Wildman–Crippen MR) is 79.7 cm³/mol. The summed E-state index contributed by atoms with van der Waals surface area (Å²) in [4.78, 5) is 22.7. The summed E-state index contributed by atoms with van der Waals surface area (Å²) in [5.74, 6) is 1.59. The van der Waals surface area contributed by atoms with Crippen LogP contribution < -0.4 is 10.2 Å². The number of hydrogen-bond donors (Lipinski definition) is 1. The Labute approximate surface area is 127 Å². The summed E-state index contributed by atoms with van der Waals surface area (Å²) < 4.78 is 7.29. The highest BCUT2D eigenvalue weighted by molar-refractivity contribution is 5.87. The van der Waals surface area contributed by atoms with Gasteiger partial charge in [-0.15, -0.1) is 0 Å². The lowest BCUT2D eigenvalue weighted by atomic mass is 9.93. The van der Waals surface area contributed by atoms with Crippen LogP contribution in [-0.2, 0) is 11.8 Å². The smallest absolute Gasteiger partial charge is 0.407 e. The Morgan fingerprint density at radius 3 is 3.05 bits per heavy atom. The van der Waals surface area contributed by atoms with Crippen LogP contribution in [0.3, 0.4) is 0 Å². The number of nitrogens with one attached hydrogen (secondary N) is 1. The minimum atomic E-state index is -0.442. The van der Waals surface area contributed by atoms with Gasteiger partial charge in [-0.25, -0.2) is 14.8 Å². The Morgan fingerprint density at radius 2 is 2.27 bits per heavy atom. The molecule has 0 aromatic carbocycles. The maximum absolute atomic E-state index is 11.4. The summed E-state index contributed by atoms with van der Waals surface area (Å²) >= 11 is 0. The van der Waals surface area contributed by atoms with E-state index in [0.29, 0.717) is 18.9 Å². The van der Waals surface area contributed by atoms with Gasteiger partial charge >= 0.3 is 6.09 Å². The molecular weight excluding hydrogens is 284 g/mol. The zero-order valence-corrected chi connectivity index (χ0v) is 12.7. The van der Waals surface area contributed by atoms with E-state index in [1.807, 2.05) is 14.0 Å². The first-order valence-electron chi connectivity index (χ1n) is 7.44. The molecule has 2 aromatic rings.